The number of rotatable bonds is 16. The molecule has 0 aliphatic heterocycles. The first-order valence-corrected chi connectivity index (χ1v) is 18.3. The molecule has 4 rings (SSSR count). The third-order valence-electron chi connectivity index (χ3n) is 6.33. The van der Waals surface area contributed by atoms with Gasteiger partial charge in [0.2, 0.25) is 0 Å². The van der Waals surface area contributed by atoms with Crippen LogP contribution in [-0.4, -0.2) is 102 Å². The molecule has 14 heteroatoms. The maximum absolute atomic E-state index is 12.3. The van der Waals surface area contributed by atoms with Crippen LogP contribution in [0.5, 0.6) is 23.0 Å². The number of carbonyl (C=O) groups excluding carboxylic acids is 1. The van der Waals surface area contributed by atoms with Crippen LogP contribution in [0.25, 0.3) is 0 Å². The summed E-state index contributed by atoms with van der Waals surface area (Å²) in [6, 6.07) is 27.0. The van der Waals surface area contributed by atoms with E-state index in [1.807, 2.05) is 54.6 Å². The first kappa shape index (κ1) is 44.0. The molecule has 0 aliphatic carbocycles. The largest absolute Gasteiger partial charge is 1.00 e. The van der Waals surface area contributed by atoms with Gasteiger partial charge in [-0.05, 0) is 0 Å². The van der Waals surface area contributed by atoms with Gasteiger partial charge in [-0.1, -0.05) is 0 Å². The number of hydrogen-bond donors (Lipinski definition) is 1. The van der Waals surface area contributed by atoms with E-state index in [1.54, 1.807) is 32.4 Å². The minimum atomic E-state index is -1.02. The third kappa shape index (κ3) is 14.0. The van der Waals surface area contributed by atoms with E-state index >= 15 is 0 Å². The monoisotopic (exact) mass is 818 g/mol. The van der Waals surface area contributed by atoms with Crippen molar-refractivity contribution in [3.63, 3.8) is 0 Å². The van der Waals surface area contributed by atoms with Gasteiger partial charge < -0.3 is 5.48 Å². The Morgan fingerprint density at radius 2 is 1.04 bits per heavy atom. The number of ether oxygens (including phenoxy) is 7. The Morgan fingerprint density at radius 3 is 1.41 bits per heavy atom. The van der Waals surface area contributed by atoms with Crippen LogP contribution in [0.1, 0.15) is 31.8 Å². The van der Waals surface area contributed by atoms with Crippen molar-refractivity contribution in [3.05, 3.63) is 107 Å². The standard InChI is InChI=1S/C18H20O5Se.C17H18O5Se.Na.H2O/c1-20-12-23-16-10-14(21-2)9-13(17(16)18(19)22-3)11-24-15-7-5-4-6-8-15;1-20-11-22-15-9-13(21-2)8-12(16(15)17(18)19)10-23-14-6-4-3-5-7-14;;/h4-10H,11-12H2,1-3H3;3-9H,10-11H2,1-2H3,(H,18,19);;1H2/q;;+1;/p-1. The van der Waals surface area contributed by atoms with Crippen LogP contribution in [0.2, 0.25) is 0 Å². The van der Waals surface area contributed by atoms with Gasteiger partial charge in [-0.15, -0.1) is 0 Å². The zero-order valence-corrected chi connectivity index (χ0v) is 33.7. The second kappa shape index (κ2) is 24.1. The van der Waals surface area contributed by atoms with Gasteiger partial charge in [-0.2, -0.15) is 0 Å². The van der Waals surface area contributed by atoms with E-state index in [9.17, 15) is 14.7 Å². The Morgan fingerprint density at radius 1 is 0.633 bits per heavy atom. The molecule has 0 atom stereocenters. The molecule has 0 amide bonds. The van der Waals surface area contributed by atoms with Crippen molar-refractivity contribution in [2.45, 2.75) is 10.6 Å². The van der Waals surface area contributed by atoms with E-state index < -0.39 is 11.9 Å². The normalized spacial score (nSPS) is 9.90. The van der Waals surface area contributed by atoms with E-state index in [1.165, 1.54) is 30.3 Å². The van der Waals surface area contributed by atoms with Crippen molar-refractivity contribution >= 4 is 50.8 Å². The van der Waals surface area contributed by atoms with Crippen LogP contribution in [0, 0.1) is 0 Å². The van der Waals surface area contributed by atoms with Crippen molar-refractivity contribution in [2.24, 2.45) is 0 Å². The molecule has 0 saturated carbocycles. The van der Waals surface area contributed by atoms with Crippen LogP contribution in [0.3, 0.4) is 0 Å². The van der Waals surface area contributed by atoms with E-state index in [0.717, 1.165) is 10.9 Å². The number of hydrogen-bond acceptors (Lipinski definition) is 10. The average Bonchev–Trinajstić information content (AvgIpc) is 3.11. The van der Waals surface area contributed by atoms with Gasteiger partial charge in [0.15, 0.2) is 0 Å². The van der Waals surface area contributed by atoms with Gasteiger partial charge in [0.25, 0.3) is 0 Å². The topological polar surface area (TPSA) is 149 Å². The van der Waals surface area contributed by atoms with Gasteiger partial charge in [-0.25, -0.2) is 0 Å². The summed E-state index contributed by atoms with van der Waals surface area (Å²) in [7, 11) is 7.50. The third-order valence-corrected chi connectivity index (χ3v) is 10.8. The molecule has 0 aromatic heterocycles. The van der Waals surface area contributed by atoms with E-state index in [-0.39, 0.29) is 89.8 Å². The average molecular weight is 817 g/mol. The van der Waals surface area contributed by atoms with E-state index in [2.05, 4.69) is 12.1 Å². The number of benzene rings is 4. The molecule has 0 fully saturated rings. The second-order valence-electron chi connectivity index (χ2n) is 9.42. The zero-order valence-electron chi connectivity index (χ0n) is 28.3. The summed E-state index contributed by atoms with van der Waals surface area (Å²) >= 11 is 0.297. The van der Waals surface area contributed by atoms with Crippen LogP contribution in [-0.2, 0) is 24.8 Å². The summed E-state index contributed by atoms with van der Waals surface area (Å²) in [6.07, 6.45) is 0. The number of aromatic carboxylic acids is 1. The summed E-state index contributed by atoms with van der Waals surface area (Å²) in [6.45, 7) is 0.0249. The van der Waals surface area contributed by atoms with Gasteiger partial charge >= 0.3 is 318 Å². The Hall–Kier alpha value is -3.06. The zero-order chi connectivity index (χ0) is 34.0. The molecule has 0 heterocycles. The molecule has 2 N–H and O–H groups in total. The molecule has 0 unspecified atom stereocenters. The first-order valence-electron chi connectivity index (χ1n) is 14.2. The summed E-state index contributed by atoms with van der Waals surface area (Å²) in [5.41, 5.74) is 2.14. The number of esters is 1. The van der Waals surface area contributed by atoms with E-state index in [4.69, 9.17) is 33.2 Å². The first-order chi connectivity index (χ1) is 22.8. The quantitative estimate of drug-likeness (QED) is 0.0970. The molecule has 0 bridgehead atoms. The van der Waals surface area contributed by atoms with Crippen LogP contribution in [0.15, 0.2) is 84.9 Å². The Bertz CT molecular complexity index is 1580. The molecule has 4 aromatic carbocycles. The Labute approximate surface area is 321 Å². The minimum Gasteiger partial charge on any atom is -0.870 e. The predicted octanol–water partition coefficient (Wildman–Crippen LogP) is 0.727. The summed E-state index contributed by atoms with van der Waals surface area (Å²) in [5, 5.41) is 10.9. The second-order valence-corrected chi connectivity index (χ2v) is 13.8. The molecule has 0 aliphatic rings. The summed E-state index contributed by atoms with van der Waals surface area (Å²) in [4.78, 5) is 23.9. The smallest absolute Gasteiger partial charge is 0.870 e. The van der Waals surface area contributed by atoms with Gasteiger partial charge in [0.05, 0.1) is 0 Å². The van der Waals surface area contributed by atoms with Gasteiger partial charge in [0.1, 0.15) is 0 Å². The Balaban J connectivity index is 0.000000471. The Kier molecular flexibility index (Phi) is 21.7. The number of carbonyl (C=O) groups is 2. The van der Waals surface area contributed by atoms with Crippen LogP contribution >= 0.6 is 0 Å². The molecular weight excluding hydrogens is 777 g/mol. The molecule has 11 nitrogen and oxygen atoms in total. The summed E-state index contributed by atoms with van der Waals surface area (Å²) < 4.78 is 38.7. The number of carboxylic acids is 1. The van der Waals surface area contributed by atoms with Crippen molar-refractivity contribution in [1.29, 1.82) is 0 Å². The SMILES string of the molecule is COCOc1cc(OC)cc(C[Se]c2ccccc2)c1C(=O)O.COCOc1cc(OC)cc(C[Se]c2ccccc2)c1C(=O)OC.[Na+].[OH-]. The van der Waals surface area contributed by atoms with Gasteiger partial charge in [-0.3, -0.25) is 0 Å². The van der Waals surface area contributed by atoms with Crippen molar-refractivity contribution in [3.8, 4) is 23.0 Å². The fourth-order valence-corrected chi connectivity index (χ4v) is 7.93. The van der Waals surface area contributed by atoms with Crippen LogP contribution in [0.4, 0.5) is 0 Å². The molecule has 0 saturated heterocycles. The molecular formula is C35H39NaO11Se2. The van der Waals surface area contributed by atoms with E-state index in [0.29, 0.717) is 33.7 Å². The summed E-state index contributed by atoms with van der Waals surface area (Å²) in [5.74, 6) is 0.423. The van der Waals surface area contributed by atoms with Gasteiger partial charge in [0, 0.05) is 0 Å². The minimum absolute atomic E-state index is 0. The molecule has 0 radical (unpaired) electrons. The number of methoxy groups -OCH3 is 5. The fourth-order valence-electron chi connectivity index (χ4n) is 4.16. The molecule has 258 valence electrons. The van der Waals surface area contributed by atoms with Crippen molar-refractivity contribution < 1.29 is 82.9 Å². The molecule has 0 spiro atoms. The maximum Gasteiger partial charge on any atom is 1.00 e. The molecule has 4 aromatic rings. The fraction of sp³-hybridized carbons (Fsp3) is 0.257. The maximum atomic E-state index is 12.3. The predicted molar refractivity (Wildman–Crippen MR) is 182 cm³/mol. The van der Waals surface area contributed by atoms with Crippen molar-refractivity contribution in [2.75, 3.05) is 49.1 Å². The molecule has 49 heavy (non-hydrogen) atoms. The van der Waals surface area contributed by atoms with Crippen molar-refractivity contribution in [1.82, 2.24) is 0 Å². The number of carboxylic acid groups (broad SMARTS) is 1. The van der Waals surface area contributed by atoms with Crippen LogP contribution < -0.4 is 57.4 Å².